The van der Waals surface area contributed by atoms with Crippen molar-refractivity contribution in [1.29, 1.82) is 0 Å². The lowest BCUT2D eigenvalue weighted by Gasteiger charge is -2.10. The van der Waals surface area contributed by atoms with Crippen molar-refractivity contribution in [1.82, 2.24) is 4.98 Å². The summed E-state index contributed by atoms with van der Waals surface area (Å²) in [5, 5.41) is 6.42. The molecular weight excluding hydrogens is 366 g/mol. The summed E-state index contributed by atoms with van der Waals surface area (Å²) in [7, 11) is 0. The van der Waals surface area contributed by atoms with Crippen LogP contribution < -0.4 is 10.6 Å². The van der Waals surface area contributed by atoms with Gasteiger partial charge in [0.25, 0.3) is 5.91 Å². The molecule has 0 bridgehead atoms. The Hall–Kier alpha value is -4.19. The summed E-state index contributed by atoms with van der Waals surface area (Å²) in [5.41, 5.74) is 3.90. The van der Waals surface area contributed by atoms with E-state index in [9.17, 15) is 9.59 Å². The van der Waals surface area contributed by atoms with E-state index in [1.54, 1.807) is 24.4 Å². The second-order valence-electron chi connectivity index (χ2n) is 6.30. The molecule has 0 aliphatic rings. The number of hydrogen-bond acceptors (Lipinski definition) is 4. The Morgan fingerprint density at radius 3 is 2.62 bits per heavy atom. The third kappa shape index (κ3) is 3.91. The molecule has 0 fully saturated rings. The molecule has 0 aliphatic heterocycles. The molecule has 6 nitrogen and oxygen atoms in total. The molecule has 4 aromatic rings. The van der Waals surface area contributed by atoms with Crippen molar-refractivity contribution in [2.24, 2.45) is 0 Å². The number of nitrogens with zero attached hydrogens (tertiary/aromatic N) is 1. The van der Waals surface area contributed by atoms with Gasteiger partial charge in [0.05, 0.1) is 17.5 Å². The molecule has 2 aromatic carbocycles. The van der Waals surface area contributed by atoms with Gasteiger partial charge in [-0.25, -0.2) is 0 Å². The van der Waals surface area contributed by atoms with Crippen LogP contribution in [-0.4, -0.2) is 16.8 Å². The minimum absolute atomic E-state index is 0.233. The van der Waals surface area contributed by atoms with E-state index in [1.807, 2.05) is 42.5 Å². The van der Waals surface area contributed by atoms with E-state index in [2.05, 4.69) is 22.2 Å². The first-order chi connectivity index (χ1) is 14.1. The number of amides is 2. The van der Waals surface area contributed by atoms with Crippen LogP contribution in [0.4, 0.5) is 11.4 Å². The summed E-state index contributed by atoms with van der Waals surface area (Å²) in [5.74, 6) is -0.369. The van der Waals surface area contributed by atoms with Crippen molar-refractivity contribution >= 4 is 34.1 Å². The number of carbonyl (C=O) groups is 2. The van der Waals surface area contributed by atoms with E-state index in [0.717, 1.165) is 22.0 Å². The summed E-state index contributed by atoms with van der Waals surface area (Å²) in [6.45, 7) is 3.46. The van der Waals surface area contributed by atoms with Crippen molar-refractivity contribution in [3.63, 3.8) is 0 Å². The van der Waals surface area contributed by atoms with Gasteiger partial charge in [0.2, 0.25) is 5.91 Å². The van der Waals surface area contributed by atoms with Crippen LogP contribution in [0.5, 0.6) is 0 Å². The number of furan rings is 1. The molecule has 142 valence electrons. The van der Waals surface area contributed by atoms with E-state index in [0.29, 0.717) is 11.4 Å². The van der Waals surface area contributed by atoms with E-state index >= 15 is 0 Å². The van der Waals surface area contributed by atoms with E-state index in [4.69, 9.17) is 4.42 Å². The zero-order chi connectivity index (χ0) is 20.2. The highest BCUT2D eigenvalue weighted by Gasteiger charge is 2.12. The molecule has 0 saturated carbocycles. The SMILES string of the molecule is C=CC(=O)Nc1cccc(-c2ccc3nccc(NC(=O)c4ccco4)c3c2)c1. The fourth-order valence-electron chi connectivity index (χ4n) is 3.00. The molecule has 0 atom stereocenters. The standard InChI is InChI=1S/C23H17N3O3/c1-2-22(27)25-17-6-3-5-15(13-17)16-8-9-19-18(14-16)20(10-11-24-19)26-23(28)21-7-4-12-29-21/h2-14H,1H2,(H,25,27)(H,24,26,28). The van der Waals surface area contributed by atoms with Crippen LogP contribution in [0.3, 0.4) is 0 Å². The highest BCUT2D eigenvalue weighted by molar-refractivity contribution is 6.07. The van der Waals surface area contributed by atoms with Crippen LogP contribution in [0, 0.1) is 0 Å². The Balaban J connectivity index is 1.70. The van der Waals surface area contributed by atoms with Gasteiger partial charge in [-0.3, -0.25) is 14.6 Å². The van der Waals surface area contributed by atoms with Crippen LogP contribution in [0.25, 0.3) is 22.0 Å². The third-order valence-electron chi connectivity index (χ3n) is 4.38. The number of rotatable bonds is 5. The van der Waals surface area contributed by atoms with Crippen LogP contribution in [0.1, 0.15) is 10.6 Å². The van der Waals surface area contributed by atoms with Gasteiger partial charge in [-0.15, -0.1) is 0 Å². The molecule has 29 heavy (non-hydrogen) atoms. The molecule has 4 rings (SSSR count). The van der Waals surface area contributed by atoms with Gasteiger partial charge < -0.3 is 15.1 Å². The molecule has 0 saturated heterocycles. The lowest BCUT2D eigenvalue weighted by Crippen LogP contribution is -2.11. The smallest absolute Gasteiger partial charge is 0.291 e. The van der Waals surface area contributed by atoms with Gasteiger partial charge in [-0.1, -0.05) is 24.8 Å². The molecule has 0 unspecified atom stereocenters. The Kier molecular flexibility index (Phi) is 4.90. The first kappa shape index (κ1) is 18.2. The van der Waals surface area contributed by atoms with Crippen molar-refractivity contribution < 1.29 is 14.0 Å². The van der Waals surface area contributed by atoms with Gasteiger partial charge in [-0.2, -0.15) is 0 Å². The maximum Gasteiger partial charge on any atom is 0.291 e. The summed E-state index contributed by atoms with van der Waals surface area (Å²) >= 11 is 0. The number of aromatic nitrogens is 1. The van der Waals surface area contributed by atoms with Crippen molar-refractivity contribution in [3.8, 4) is 11.1 Å². The van der Waals surface area contributed by atoms with Gasteiger partial charge in [-0.05, 0) is 59.7 Å². The van der Waals surface area contributed by atoms with Crippen LogP contribution in [0.15, 0.2) is 90.2 Å². The monoisotopic (exact) mass is 383 g/mol. The largest absolute Gasteiger partial charge is 0.459 e. The fraction of sp³-hybridized carbons (Fsp3) is 0. The van der Waals surface area contributed by atoms with Crippen molar-refractivity contribution in [3.05, 3.63) is 91.5 Å². The Morgan fingerprint density at radius 2 is 1.83 bits per heavy atom. The minimum Gasteiger partial charge on any atom is -0.459 e. The Morgan fingerprint density at radius 1 is 0.966 bits per heavy atom. The Labute approximate surface area is 166 Å². The lowest BCUT2D eigenvalue weighted by atomic mass is 10.0. The number of anilines is 2. The van der Waals surface area contributed by atoms with Crippen molar-refractivity contribution in [2.45, 2.75) is 0 Å². The maximum atomic E-state index is 12.4. The molecule has 2 aromatic heterocycles. The molecular formula is C23H17N3O3. The molecule has 2 heterocycles. The van der Waals surface area contributed by atoms with E-state index < -0.39 is 0 Å². The number of hydrogen-bond donors (Lipinski definition) is 2. The summed E-state index contributed by atoms with van der Waals surface area (Å²) in [4.78, 5) is 28.3. The maximum absolute atomic E-state index is 12.4. The first-order valence-corrected chi connectivity index (χ1v) is 8.91. The molecule has 6 heteroatoms. The summed E-state index contributed by atoms with van der Waals surface area (Å²) in [6, 6.07) is 18.3. The summed E-state index contributed by atoms with van der Waals surface area (Å²) < 4.78 is 5.16. The highest BCUT2D eigenvalue weighted by Crippen LogP contribution is 2.29. The van der Waals surface area contributed by atoms with Gasteiger partial charge in [0.1, 0.15) is 0 Å². The Bertz CT molecular complexity index is 1210. The van der Waals surface area contributed by atoms with Gasteiger partial charge >= 0.3 is 0 Å². The number of nitrogens with one attached hydrogen (secondary N) is 2. The molecule has 0 radical (unpaired) electrons. The second-order valence-corrected chi connectivity index (χ2v) is 6.30. The fourth-order valence-corrected chi connectivity index (χ4v) is 3.00. The van der Waals surface area contributed by atoms with Crippen LogP contribution in [-0.2, 0) is 4.79 Å². The topological polar surface area (TPSA) is 84.2 Å². The minimum atomic E-state index is -0.331. The lowest BCUT2D eigenvalue weighted by molar-refractivity contribution is -0.111. The number of fused-ring (bicyclic) bond motifs is 1. The normalized spacial score (nSPS) is 10.5. The predicted molar refractivity (Wildman–Crippen MR) is 113 cm³/mol. The average Bonchev–Trinajstić information content (AvgIpc) is 3.29. The zero-order valence-electron chi connectivity index (χ0n) is 15.4. The van der Waals surface area contributed by atoms with E-state index in [1.165, 1.54) is 12.3 Å². The van der Waals surface area contributed by atoms with Crippen LogP contribution in [0.2, 0.25) is 0 Å². The van der Waals surface area contributed by atoms with Gasteiger partial charge in [0.15, 0.2) is 5.76 Å². The number of pyridine rings is 1. The number of carbonyl (C=O) groups excluding carboxylic acids is 2. The first-order valence-electron chi connectivity index (χ1n) is 8.91. The molecule has 2 N–H and O–H groups in total. The molecule has 0 spiro atoms. The third-order valence-corrected chi connectivity index (χ3v) is 4.38. The predicted octanol–water partition coefficient (Wildman–Crippen LogP) is 4.87. The van der Waals surface area contributed by atoms with E-state index in [-0.39, 0.29) is 17.6 Å². The zero-order valence-corrected chi connectivity index (χ0v) is 15.4. The molecule has 0 aliphatic carbocycles. The second kappa shape index (κ2) is 7.82. The number of benzene rings is 2. The average molecular weight is 383 g/mol. The summed E-state index contributed by atoms with van der Waals surface area (Å²) in [6.07, 6.45) is 4.32. The van der Waals surface area contributed by atoms with Gasteiger partial charge in [0, 0.05) is 17.3 Å². The quantitative estimate of drug-likeness (QED) is 0.482. The highest BCUT2D eigenvalue weighted by atomic mass is 16.3. The van der Waals surface area contributed by atoms with Crippen molar-refractivity contribution in [2.75, 3.05) is 10.6 Å². The van der Waals surface area contributed by atoms with Crippen LogP contribution >= 0.6 is 0 Å². The molecule has 2 amide bonds.